The fraction of sp³-hybridized carbons (Fsp3) is 0.938. The molecular formula is C16H34BLi. The molecule has 0 aliphatic heterocycles. The average Bonchev–Trinajstić information content (AvgIpc) is 2.27. The van der Waals surface area contributed by atoms with Gasteiger partial charge in [0.15, 0.2) is 0 Å². The summed E-state index contributed by atoms with van der Waals surface area (Å²) in [7, 11) is 0. The summed E-state index contributed by atoms with van der Waals surface area (Å²) in [5, 5.41) is 0. The molecule has 0 rings (SSSR count). The largest absolute Gasteiger partial charge is 1.00 e. The molecular weight excluding hydrogens is 210 g/mol. The SMILES string of the molecule is CCCC[CH-]CB(C(C)C(C)C)C(C)C(C)C.[Li+]. The monoisotopic (exact) mass is 244 g/mol. The predicted octanol–water partition coefficient (Wildman–Crippen LogP) is 2.97. The molecule has 0 aromatic carbocycles. The average molecular weight is 244 g/mol. The van der Waals surface area contributed by atoms with Gasteiger partial charge in [0.2, 0.25) is 0 Å². The molecule has 0 bridgehead atoms. The van der Waals surface area contributed by atoms with Gasteiger partial charge in [-0.25, -0.2) is 6.32 Å². The van der Waals surface area contributed by atoms with Crippen LogP contribution in [-0.4, -0.2) is 6.71 Å². The molecule has 0 saturated heterocycles. The van der Waals surface area contributed by atoms with Crippen molar-refractivity contribution in [1.29, 1.82) is 0 Å². The van der Waals surface area contributed by atoms with Crippen molar-refractivity contribution in [3.05, 3.63) is 6.42 Å². The van der Waals surface area contributed by atoms with Gasteiger partial charge in [0.1, 0.15) is 6.71 Å². The van der Waals surface area contributed by atoms with Gasteiger partial charge >= 0.3 is 18.9 Å². The van der Waals surface area contributed by atoms with Gasteiger partial charge in [0, 0.05) is 0 Å². The molecule has 2 unspecified atom stereocenters. The van der Waals surface area contributed by atoms with Crippen molar-refractivity contribution >= 4 is 6.71 Å². The zero-order valence-corrected chi connectivity index (χ0v) is 14.3. The minimum absolute atomic E-state index is 0. The molecule has 0 radical (unpaired) electrons. The Hall–Kier alpha value is 0.662. The van der Waals surface area contributed by atoms with E-state index >= 15 is 0 Å². The maximum Gasteiger partial charge on any atom is 1.00 e. The van der Waals surface area contributed by atoms with Crippen molar-refractivity contribution in [3.8, 4) is 0 Å². The Kier molecular flexibility index (Phi) is 13.4. The van der Waals surface area contributed by atoms with Gasteiger partial charge in [-0.3, -0.25) is 0 Å². The summed E-state index contributed by atoms with van der Waals surface area (Å²) in [6.07, 6.45) is 7.85. The Balaban J connectivity index is 0. The molecule has 0 heterocycles. The van der Waals surface area contributed by atoms with Gasteiger partial charge < -0.3 is 6.42 Å². The van der Waals surface area contributed by atoms with E-state index in [-0.39, 0.29) is 18.9 Å². The third-order valence-corrected chi connectivity index (χ3v) is 4.65. The van der Waals surface area contributed by atoms with E-state index in [9.17, 15) is 0 Å². The van der Waals surface area contributed by atoms with E-state index in [1.54, 1.807) is 0 Å². The topological polar surface area (TPSA) is 0 Å². The molecule has 18 heavy (non-hydrogen) atoms. The number of hydrogen-bond acceptors (Lipinski definition) is 0. The molecule has 2 heteroatoms. The van der Waals surface area contributed by atoms with Crippen LogP contribution in [0, 0.1) is 18.3 Å². The molecule has 0 aliphatic carbocycles. The van der Waals surface area contributed by atoms with Gasteiger partial charge in [-0.15, -0.1) is 0 Å². The van der Waals surface area contributed by atoms with Gasteiger partial charge in [0.25, 0.3) is 0 Å². The fourth-order valence-electron chi connectivity index (χ4n) is 2.56. The standard InChI is InChI=1S/C16H34B.Li/c1-8-9-10-11-12-17(15(6)13(2)3)16(7)14(4)5;/h11,13-16H,8-10,12H2,1-7H3;/q-1;+1. The Morgan fingerprint density at radius 1 is 0.889 bits per heavy atom. The van der Waals surface area contributed by atoms with Crippen molar-refractivity contribution in [2.24, 2.45) is 11.8 Å². The van der Waals surface area contributed by atoms with Crippen LogP contribution < -0.4 is 18.9 Å². The van der Waals surface area contributed by atoms with Crippen molar-refractivity contribution in [2.75, 3.05) is 0 Å². The summed E-state index contributed by atoms with van der Waals surface area (Å²) in [5.41, 5.74) is 0. The zero-order chi connectivity index (χ0) is 13.4. The first-order valence-corrected chi connectivity index (χ1v) is 7.73. The van der Waals surface area contributed by atoms with Crippen LogP contribution in [0.3, 0.4) is 0 Å². The molecule has 0 N–H and O–H groups in total. The minimum Gasteiger partial charge on any atom is -0.335 e. The Bertz CT molecular complexity index is 166. The maximum absolute atomic E-state index is 2.55. The number of rotatable bonds is 9. The summed E-state index contributed by atoms with van der Waals surface area (Å²) in [5.74, 6) is 3.29. The zero-order valence-electron chi connectivity index (χ0n) is 14.3. The summed E-state index contributed by atoms with van der Waals surface area (Å²) in [6.45, 7) is 17.5. The second-order valence-corrected chi connectivity index (χ2v) is 6.54. The van der Waals surface area contributed by atoms with E-state index in [0.29, 0.717) is 0 Å². The van der Waals surface area contributed by atoms with Gasteiger partial charge in [0.05, 0.1) is 0 Å². The van der Waals surface area contributed by atoms with Crippen LogP contribution in [0.15, 0.2) is 0 Å². The summed E-state index contributed by atoms with van der Waals surface area (Å²) in [4.78, 5) is 0. The summed E-state index contributed by atoms with van der Waals surface area (Å²) < 4.78 is 0. The molecule has 0 spiro atoms. The summed E-state index contributed by atoms with van der Waals surface area (Å²) >= 11 is 0. The first-order chi connectivity index (χ1) is 7.91. The third kappa shape index (κ3) is 7.96. The predicted molar refractivity (Wildman–Crippen MR) is 82.9 cm³/mol. The van der Waals surface area contributed by atoms with Crippen LogP contribution in [0.4, 0.5) is 0 Å². The normalized spacial score (nSPS) is 14.5. The van der Waals surface area contributed by atoms with Gasteiger partial charge in [-0.05, 0) is 0 Å². The number of hydrogen-bond donors (Lipinski definition) is 0. The molecule has 0 aromatic heterocycles. The first-order valence-electron chi connectivity index (χ1n) is 7.73. The van der Waals surface area contributed by atoms with Gasteiger partial charge in [-0.1, -0.05) is 84.8 Å². The van der Waals surface area contributed by atoms with Crippen LogP contribution >= 0.6 is 0 Å². The Labute approximate surface area is 129 Å². The van der Waals surface area contributed by atoms with E-state index < -0.39 is 0 Å². The smallest absolute Gasteiger partial charge is 0.335 e. The summed E-state index contributed by atoms with van der Waals surface area (Å²) in [6, 6.07) is 0. The van der Waals surface area contributed by atoms with Gasteiger partial charge in [-0.2, -0.15) is 6.42 Å². The second kappa shape index (κ2) is 11.5. The van der Waals surface area contributed by atoms with Crippen molar-refractivity contribution in [3.63, 3.8) is 0 Å². The minimum atomic E-state index is 0. The van der Waals surface area contributed by atoms with Crippen molar-refractivity contribution < 1.29 is 18.9 Å². The van der Waals surface area contributed by atoms with E-state index in [2.05, 4.69) is 54.9 Å². The molecule has 102 valence electrons. The van der Waals surface area contributed by atoms with E-state index in [1.165, 1.54) is 25.6 Å². The molecule has 0 amide bonds. The van der Waals surface area contributed by atoms with E-state index in [4.69, 9.17) is 0 Å². The maximum atomic E-state index is 2.55. The Morgan fingerprint density at radius 2 is 1.33 bits per heavy atom. The third-order valence-electron chi connectivity index (χ3n) is 4.65. The molecule has 0 saturated carbocycles. The van der Waals surface area contributed by atoms with E-state index in [1.807, 2.05) is 0 Å². The molecule has 0 nitrogen and oxygen atoms in total. The Morgan fingerprint density at radius 3 is 1.67 bits per heavy atom. The number of unbranched alkanes of at least 4 members (excludes halogenated alkanes) is 3. The quantitative estimate of drug-likeness (QED) is 0.332. The molecule has 0 fully saturated rings. The van der Waals surface area contributed by atoms with Crippen LogP contribution in [0.1, 0.15) is 67.7 Å². The fourth-order valence-corrected chi connectivity index (χ4v) is 2.56. The molecule has 0 aromatic rings. The van der Waals surface area contributed by atoms with Crippen LogP contribution in [0.25, 0.3) is 0 Å². The first kappa shape index (κ1) is 21.0. The van der Waals surface area contributed by atoms with Crippen LogP contribution in [0.5, 0.6) is 0 Å². The van der Waals surface area contributed by atoms with Crippen LogP contribution in [0.2, 0.25) is 18.0 Å². The van der Waals surface area contributed by atoms with Crippen molar-refractivity contribution in [2.45, 2.75) is 85.7 Å². The van der Waals surface area contributed by atoms with E-state index in [0.717, 1.165) is 30.2 Å². The van der Waals surface area contributed by atoms with Crippen LogP contribution in [-0.2, 0) is 0 Å². The second-order valence-electron chi connectivity index (χ2n) is 6.54. The molecule has 0 aliphatic rings. The molecule has 2 atom stereocenters. The van der Waals surface area contributed by atoms with Crippen molar-refractivity contribution in [1.82, 2.24) is 0 Å².